The first-order valence-electron chi connectivity index (χ1n) is 6.00. The van der Waals surface area contributed by atoms with Gasteiger partial charge in [-0.1, -0.05) is 36.4 Å². The highest BCUT2D eigenvalue weighted by molar-refractivity contribution is 5.94. The zero-order valence-electron chi connectivity index (χ0n) is 10.2. The third kappa shape index (κ3) is 1.82. The normalized spacial score (nSPS) is 10.5. The average molecular weight is 234 g/mol. The van der Waals surface area contributed by atoms with Crippen LogP contribution in [0.1, 0.15) is 0 Å². The fourth-order valence-corrected chi connectivity index (χ4v) is 2.17. The lowest BCUT2D eigenvalue weighted by Crippen LogP contribution is -1.90. The maximum absolute atomic E-state index is 4.52. The van der Waals surface area contributed by atoms with Crippen molar-refractivity contribution < 1.29 is 0 Å². The van der Waals surface area contributed by atoms with Crippen LogP contribution >= 0.6 is 0 Å². The van der Waals surface area contributed by atoms with Crippen LogP contribution in [0.25, 0.3) is 22.0 Å². The topological polar surface area (TPSA) is 24.9 Å². The molecule has 0 aliphatic rings. The number of pyridine rings is 1. The number of rotatable bonds is 2. The second kappa shape index (κ2) is 4.49. The molecule has 0 fully saturated rings. The Bertz CT molecular complexity index is 684. The Kier molecular flexibility index (Phi) is 2.69. The number of fused-ring (bicyclic) bond motifs is 1. The van der Waals surface area contributed by atoms with Crippen molar-refractivity contribution in [2.75, 3.05) is 12.4 Å². The molecule has 0 aliphatic carbocycles. The lowest BCUT2D eigenvalue weighted by Gasteiger charge is -2.07. The molecular weight excluding hydrogens is 220 g/mol. The van der Waals surface area contributed by atoms with Crippen molar-refractivity contribution in [1.82, 2.24) is 4.98 Å². The van der Waals surface area contributed by atoms with Gasteiger partial charge in [0.05, 0.1) is 5.69 Å². The Morgan fingerprint density at radius 1 is 0.944 bits per heavy atom. The van der Waals surface area contributed by atoms with Crippen LogP contribution < -0.4 is 5.32 Å². The molecular formula is C16H14N2. The maximum atomic E-state index is 4.52. The van der Waals surface area contributed by atoms with Crippen LogP contribution in [0, 0.1) is 0 Å². The number of benzene rings is 2. The minimum Gasteiger partial charge on any atom is -0.388 e. The molecule has 0 bridgehead atoms. The predicted molar refractivity (Wildman–Crippen MR) is 76.7 cm³/mol. The van der Waals surface area contributed by atoms with E-state index in [1.807, 2.05) is 25.4 Å². The van der Waals surface area contributed by atoms with Crippen LogP contribution in [-0.2, 0) is 0 Å². The molecule has 2 nitrogen and oxygen atoms in total. The molecule has 1 heterocycles. The molecule has 1 N–H and O–H groups in total. The van der Waals surface area contributed by atoms with Crippen LogP contribution in [0.5, 0.6) is 0 Å². The van der Waals surface area contributed by atoms with E-state index < -0.39 is 0 Å². The van der Waals surface area contributed by atoms with Crippen molar-refractivity contribution >= 4 is 16.5 Å². The highest BCUT2D eigenvalue weighted by Crippen LogP contribution is 2.27. The first-order valence-corrected chi connectivity index (χ1v) is 6.00. The third-order valence-electron chi connectivity index (χ3n) is 3.10. The molecule has 3 aromatic rings. The molecule has 0 radical (unpaired) electrons. The third-order valence-corrected chi connectivity index (χ3v) is 3.10. The Morgan fingerprint density at radius 3 is 2.72 bits per heavy atom. The Labute approximate surface area is 106 Å². The number of hydrogen-bond acceptors (Lipinski definition) is 2. The number of nitrogens with zero attached hydrogens (tertiary/aromatic N) is 1. The summed E-state index contributed by atoms with van der Waals surface area (Å²) >= 11 is 0. The average Bonchev–Trinajstić information content (AvgIpc) is 2.47. The van der Waals surface area contributed by atoms with Crippen molar-refractivity contribution in [2.45, 2.75) is 0 Å². The van der Waals surface area contributed by atoms with E-state index >= 15 is 0 Å². The van der Waals surface area contributed by atoms with Gasteiger partial charge in [-0.2, -0.15) is 0 Å². The monoisotopic (exact) mass is 234 g/mol. The van der Waals surface area contributed by atoms with E-state index in [1.54, 1.807) is 0 Å². The summed E-state index contributed by atoms with van der Waals surface area (Å²) in [5.74, 6) is 0. The standard InChI is InChI=1S/C16H14N2/c1-17-14-7-4-6-13(11-14)16-15-8-3-2-5-12(15)9-10-18-16/h2-11,17H,1H3. The summed E-state index contributed by atoms with van der Waals surface area (Å²) in [6.07, 6.45) is 1.86. The van der Waals surface area contributed by atoms with E-state index in [1.165, 1.54) is 10.8 Å². The summed E-state index contributed by atoms with van der Waals surface area (Å²) in [5.41, 5.74) is 3.27. The van der Waals surface area contributed by atoms with Crippen LogP contribution in [0.4, 0.5) is 5.69 Å². The first-order chi connectivity index (χ1) is 8.88. The molecule has 88 valence electrons. The maximum Gasteiger partial charge on any atom is 0.0781 e. The van der Waals surface area contributed by atoms with E-state index in [9.17, 15) is 0 Å². The molecule has 0 unspecified atom stereocenters. The van der Waals surface area contributed by atoms with Gasteiger partial charge in [0.15, 0.2) is 0 Å². The Hall–Kier alpha value is -2.35. The SMILES string of the molecule is CNc1cccc(-c2nccc3ccccc23)c1. The van der Waals surface area contributed by atoms with E-state index in [0.717, 1.165) is 16.9 Å². The highest BCUT2D eigenvalue weighted by Gasteiger charge is 2.04. The number of anilines is 1. The van der Waals surface area contributed by atoms with Gasteiger partial charge in [-0.3, -0.25) is 4.98 Å². The molecule has 0 aliphatic heterocycles. The summed E-state index contributed by atoms with van der Waals surface area (Å²) in [6.45, 7) is 0. The number of nitrogens with one attached hydrogen (secondary N) is 1. The number of hydrogen-bond donors (Lipinski definition) is 1. The molecule has 0 atom stereocenters. The van der Waals surface area contributed by atoms with Crippen LogP contribution in [0.15, 0.2) is 60.8 Å². The van der Waals surface area contributed by atoms with Gasteiger partial charge >= 0.3 is 0 Å². The summed E-state index contributed by atoms with van der Waals surface area (Å²) in [6, 6.07) is 18.7. The van der Waals surface area contributed by atoms with E-state index in [0.29, 0.717) is 0 Å². The predicted octanol–water partition coefficient (Wildman–Crippen LogP) is 3.94. The summed E-state index contributed by atoms with van der Waals surface area (Å²) < 4.78 is 0. The van der Waals surface area contributed by atoms with E-state index in [2.05, 4.69) is 52.8 Å². The Balaban J connectivity index is 2.24. The molecule has 3 rings (SSSR count). The Morgan fingerprint density at radius 2 is 1.83 bits per heavy atom. The van der Waals surface area contributed by atoms with Crippen molar-refractivity contribution in [1.29, 1.82) is 0 Å². The van der Waals surface area contributed by atoms with Crippen LogP contribution in [0.3, 0.4) is 0 Å². The van der Waals surface area contributed by atoms with Gasteiger partial charge in [-0.15, -0.1) is 0 Å². The molecule has 0 amide bonds. The fourth-order valence-electron chi connectivity index (χ4n) is 2.17. The summed E-state index contributed by atoms with van der Waals surface area (Å²) in [7, 11) is 1.93. The quantitative estimate of drug-likeness (QED) is 0.726. The minimum atomic E-state index is 1.03. The largest absolute Gasteiger partial charge is 0.388 e. The zero-order valence-corrected chi connectivity index (χ0v) is 10.2. The van der Waals surface area contributed by atoms with Gasteiger partial charge in [-0.05, 0) is 23.6 Å². The van der Waals surface area contributed by atoms with E-state index in [4.69, 9.17) is 0 Å². The highest BCUT2D eigenvalue weighted by atomic mass is 14.8. The molecule has 0 saturated carbocycles. The molecule has 0 spiro atoms. The summed E-state index contributed by atoms with van der Waals surface area (Å²) in [5, 5.41) is 5.57. The molecule has 2 aromatic carbocycles. The van der Waals surface area contributed by atoms with Crippen molar-refractivity contribution in [3.05, 3.63) is 60.8 Å². The van der Waals surface area contributed by atoms with Gasteiger partial charge < -0.3 is 5.32 Å². The molecule has 18 heavy (non-hydrogen) atoms. The van der Waals surface area contributed by atoms with E-state index in [-0.39, 0.29) is 0 Å². The van der Waals surface area contributed by atoms with Gasteiger partial charge in [0, 0.05) is 29.9 Å². The van der Waals surface area contributed by atoms with Gasteiger partial charge in [0.2, 0.25) is 0 Å². The fraction of sp³-hybridized carbons (Fsp3) is 0.0625. The zero-order chi connectivity index (χ0) is 12.4. The molecule has 1 aromatic heterocycles. The van der Waals surface area contributed by atoms with Crippen molar-refractivity contribution in [3.8, 4) is 11.3 Å². The minimum absolute atomic E-state index is 1.03. The lowest BCUT2D eigenvalue weighted by atomic mass is 10.0. The van der Waals surface area contributed by atoms with Crippen LogP contribution in [0.2, 0.25) is 0 Å². The van der Waals surface area contributed by atoms with Gasteiger partial charge in [-0.25, -0.2) is 0 Å². The van der Waals surface area contributed by atoms with Gasteiger partial charge in [0.25, 0.3) is 0 Å². The molecule has 2 heteroatoms. The smallest absolute Gasteiger partial charge is 0.0781 e. The van der Waals surface area contributed by atoms with Crippen LogP contribution in [-0.4, -0.2) is 12.0 Å². The molecule has 0 saturated heterocycles. The second-order valence-corrected chi connectivity index (χ2v) is 4.21. The summed E-state index contributed by atoms with van der Waals surface area (Å²) in [4.78, 5) is 4.52. The lowest BCUT2D eigenvalue weighted by molar-refractivity contribution is 1.35. The number of aromatic nitrogens is 1. The first kappa shape index (κ1) is 10.8. The van der Waals surface area contributed by atoms with Crippen molar-refractivity contribution in [2.24, 2.45) is 0 Å². The van der Waals surface area contributed by atoms with Crippen molar-refractivity contribution in [3.63, 3.8) is 0 Å². The second-order valence-electron chi connectivity index (χ2n) is 4.21. The van der Waals surface area contributed by atoms with Gasteiger partial charge in [0.1, 0.15) is 0 Å².